The van der Waals surface area contributed by atoms with E-state index < -0.39 is 28.0 Å². The van der Waals surface area contributed by atoms with Gasteiger partial charge in [-0.3, -0.25) is 4.79 Å². The van der Waals surface area contributed by atoms with Gasteiger partial charge in [0, 0.05) is 0 Å². The molecule has 0 bridgehead atoms. The molecule has 2 N–H and O–H groups in total. The van der Waals surface area contributed by atoms with Gasteiger partial charge in [0.05, 0.1) is 16.5 Å². The fourth-order valence-electron chi connectivity index (χ4n) is 3.17. The number of ether oxygens (including phenoxy) is 1. The molecular formula is C25H24N2O5S. The topological polar surface area (TPSA) is 116 Å². The monoisotopic (exact) mass is 464 g/mol. The van der Waals surface area contributed by atoms with Crippen molar-refractivity contribution in [2.45, 2.75) is 31.4 Å². The number of carboxylic acids is 1. The summed E-state index contributed by atoms with van der Waals surface area (Å²) < 4.78 is 33.2. The minimum Gasteiger partial charge on any atom is -0.489 e. The Morgan fingerprint density at radius 1 is 1.03 bits per heavy atom. The van der Waals surface area contributed by atoms with Crippen LogP contribution in [-0.2, 0) is 21.4 Å². The third-order valence-corrected chi connectivity index (χ3v) is 6.49. The van der Waals surface area contributed by atoms with Crippen molar-refractivity contribution in [3.63, 3.8) is 0 Å². The molecule has 0 spiro atoms. The number of nitriles is 1. The van der Waals surface area contributed by atoms with Crippen LogP contribution >= 0.6 is 0 Å². The lowest BCUT2D eigenvalue weighted by atomic mass is 10.1. The number of aliphatic carboxylic acids is 1. The van der Waals surface area contributed by atoms with Gasteiger partial charge in [-0.25, -0.2) is 8.42 Å². The predicted octanol–water partition coefficient (Wildman–Crippen LogP) is 4.19. The van der Waals surface area contributed by atoms with Gasteiger partial charge in [-0.15, -0.1) is 0 Å². The zero-order valence-corrected chi connectivity index (χ0v) is 19.0. The summed E-state index contributed by atoms with van der Waals surface area (Å²) in [6.45, 7) is 3.62. The molecule has 0 aliphatic rings. The van der Waals surface area contributed by atoms with Crippen LogP contribution in [0, 0.1) is 17.2 Å². The van der Waals surface area contributed by atoms with Crippen molar-refractivity contribution in [3.8, 4) is 22.9 Å². The molecule has 0 aromatic heterocycles. The highest BCUT2D eigenvalue weighted by Gasteiger charge is 2.27. The van der Waals surface area contributed by atoms with Crippen LogP contribution in [0.5, 0.6) is 5.75 Å². The molecule has 0 radical (unpaired) electrons. The first-order valence-corrected chi connectivity index (χ1v) is 11.8. The van der Waals surface area contributed by atoms with E-state index in [1.165, 1.54) is 12.1 Å². The summed E-state index contributed by atoms with van der Waals surface area (Å²) in [5.74, 6) is -0.948. The molecule has 3 rings (SSSR count). The smallest absolute Gasteiger partial charge is 0.322 e. The minimum atomic E-state index is -3.96. The highest BCUT2D eigenvalue weighted by Crippen LogP contribution is 2.24. The summed E-state index contributed by atoms with van der Waals surface area (Å²) in [5, 5.41) is 18.2. The van der Waals surface area contributed by atoms with Gasteiger partial charge >= 0.3 is 5.97 Å². The van der Waals surface area contributed by atoms with E-state index >= 15 is 0 Å². The van der Waals surface area contributed by atoms with Gasteiger partial charge in [-0.2, -0.15) is 9.98 Å². The molecule has 8 heteroatoms. The lowest BCUT2D eigenvalue weighted by molar-refractivity contribution is -0.140. The van der Waals surface area contributed by atoms with Gasteiger partial charge in [-0.05, 0) is 59.0 Å². The Balaban J connectivity index is 1.68. The van der Waals surface area contributed by atoms with E-state index in [0.717, 1.165) is 16.7 Å². The fourth-order valence-corrected chi connectivity index (χ4v) is 4.51. The molecule has 33 heavy (non-hydrogen) atoms. The normalized spacial score (nSPS) is 12.2. The van der Waals surface area contributed by atoms with Gasteiger partial charge in [0.2, 0.25) is 10.0 Å². The van der Waals surface area contributed by atoms with Crippen molar-refractivity contribution < 1.29 is 23.1 Å². The van der Waals surface area contributed by atoms with Crippen LogP contribution in [0.2, 0.25) is 0 Å². The molecule has 0 saturated carbocycles. The maximum absolute atomic E-state index is 12.6. The van der Waals surface area contributed by atoms with Gasteiger partial charge in [-0.1, -0.05) is 50.2 Å². The maximum atomic E-state index is 12.6. The predicted molar refractivity (Wildman–Crippen MR) is 124 cm³/mol. The molecule has 0 unspecified atom stereocenters. The summed E-state index contributed by atoms with van der Waals surface area (Å²) in [7, 11) is -3.96. The summed E-state index contributed by atoms with van der Waals surface area (Å²) >= 11 is 0. The number of hydrogen-bond acceptors (Lipinski definition) is 5. The van der Waals surface area contributed by atoms with Crippen LogP contribution in [0.4, 0.5) is 0 Å². The molecule has 3 aromatic carbocycles. The fraction of sp³-hybridized carbons (Fsp3) is 0.200. The van der Waals surface area contributed by atoms with Crippen LogP contribution in [0.3, 0.4) is 0 Å². The Kier molecular flexibility index (Phi) is 7.48. The molecular weight excluding hydrogens is 440 g/mol. The second-order valence-corrected chi connectivity index (χ2v) is 9.54. The van der Waals surface area contributed by atoms with Crippen LogP contribution in [0.1, 0.15) is 25.0 Å². The summed E-state index contributed by atoms with van der Waals surface area (Å²) in [5.41, 5.74) is 3.15. The number of carbonyl (C=O) groups is 1. The average Bonchev–Trinajstić information content (AvgIpc) is 2.81. The number of benzene rings is 3. The number of sulfonamides is 1. The molecule has 0 fully saturated rings. The molecule has 170 valence electrons. The Labute approximate surface area is 193 Å². The Morgan fingerprint density at radius 3 is 2.18 bits per heavy atom. The van der Waals surface area contributed by atoms with E-state index in [1.54, 1.807) is 38.1 Å². The molecule has 0 heterocycles. The summed E-state index contributed by atoms with van der Waals surface area (Å²) in [4.78, 5) is 11.3. The lowest BCUT2D eigenvalue weighted by Crippen LogP contribution is -2.44. The largest absolute Gasteiger partial charge is 0.489 e. The molecule has 0 amide bonds. The maximum Gasteiger partial charge on any atom is 0.322 e. The Bertz CT molecular complexity index is 1260. The minimum absolute atomic E-state index is 0.00213. The first-order chi connectivity index (χ1) is 15.7. The van der Waals surface area contributed by atoms with E-state index in [4.69, 9.17) is 10.00 Å². The van der Waals surface area contributed by atoms with E-state index in [-0.39, 0.29) is 4.90 Å². The van der Waals surface area contributed by atoms with Crippen molar-refractivity contribution in [3.05, 3.63) is 83.9 Å². The van der Waals surface area contributed by atoms with E-state index in [2.05, 4.69) is 10.8 Å². The van der Waals surface area contributed by atoms with Gasteiger partial charge < -0.3 is 9.84 Å². The molecule has 1 atom stereocenters. The van der Waals surface area contributed by atoms with Crippen molar-refractivity contribution in [1.82, 2.24) is 4.72 Å². The number of nitrogens with one attached hydrogen (secondary N) is 1. The van der Waals surface area contributed by atoms with E-state index in [1.807, 2.05) is 36.4 Å². The lowest BCUT2D eigenvalue weighted by Gasteiger charge is -2.18. The quantitative estimate of drug-likeness (QED) is 0.490. The van der Waals surface area contributed by atoms with Crippen LogP contribution in [0.15, 0.2) is 77.7 Å². The molecule has 3 aromatic rings. The van der Waals surface area contributed by atoms with Crippen molar-refractivity contribution in [2.24, 2.45) is 5.92 Å². The number of rotatable bonds is 9. The highest BCUT2D eigenvalue weighted by molar-refractivity contribution is 7.89. The Hall–Kier alpha value is -3.67. The van der Waals surface area contributed by atoms with E-state index in [0.29, 0.717) is 17.9 Å². The zero-order chi connectivity index (χ0) is 24.0. The van der Waals surface area contributed by atoms with Gasteiger partial charge in [0.25, 0.3) is 0 Å². The second-order valence-electron chi connectivity index (χ2n) is 7.83. The van der Waals surface area contributed by atoms with Crippen molar-refractivity contribution in [2.75, 3.05) is 0 Å². The SMILES string of the molecule is CC(C)[C@@H](NS(=O)(=O)c1ccc(-c2ccc(OCc3cccc(C#N)c3)cc2)cc1)C(=O)O. The third kappa shape index (κ3) is 6.19. The van der Waals surface area contributed by atoms with Crippen LogP contribution in [0.25, 0.3) is 11.1 Å². The Morgan fingerprint density at radius 2 is 1.64 bits per heavy atom. The summed E-state index contributed by atoms with van der Waals surface area (Å²) in [6, 6.07) is 21.7. The molecule has 0 aliphatic carbocycles. The van der Waals surface area contributed by atoms with Gasteiger partial charge in [0.1, 0.15) is 18.4 Å². The molecule has 0 saturated heterocycles. The first kappa shape index (κ1) is 24.0. The first-order valence-electron chi connectivity index (χ1n) is 10.3. The second kappa shape index (κ2) is 10.3. The van der Waals surface area contributed by atoms with Crippen molar-refractivity contribution >= 4 is 16.0 Å². The molecule has 7 nitrogen and oxygen atoms in total. The molecule has 0 aliphatic heterocycles. The summed E-state index contributed by atoms with van der Waals surface area (Å²) in [6.07, 6.45) is 0. The highest BCUT2D eigenvalue weighted by atomic mass is 32.2. The number of nitrogens with zero attached hydrogens (tertiary/aromatic N) is 1. The van der Waals surface area contributed by atoms with Crippen LogP contribution < -0.4 is 9.46 Å². The van der Waals surface area contributed by atoms with Gasteiger partial charge in [0.15, 0.2) is 0 Å². The average molecular weight is 465 g/mol. The van der Waals surface area contributed by atoms with E-state index in [9.17, 15) is 18.3 Å². The zero-order valence-electron chi connectivity index (χ0n) is 18.2. The van der Waals surface area contributed by atoms with Crippen molar-refractivity contribution in [1.29, 1.82) is 5.26 Å². The number of hydrogen-bond donors (Lipinski definition) is 2. The van der Waals surface area contributed by atoms with Crippen LogP contribution in [-0.4, -0.2) is 25.5 Å². The third-order valence-electron chi connectivity index (χ3n) is 5.03. The standard InChI is InChI=1S/C25H24N2O5S/c1-17(2)24(25(28)29)27-33(30,31)23-12-8-21(9-13-23)20-6-10-22(11-7-20)32-16-19-5-3-4-18(14-19)15-26/h3-14,17,24,27H,16H2,1-2H3,(H,28,29)/t24-/m1/s1. The number of carboxylic acid groups (broad SMARTS) is 1.